The van der Waals surface area contributed by atoms with Gasteiger partial charge in [-0.2, -0.15) is 0 Å². The van der Waals surface area contributed by atoms with E-state index >= 15 is 0 Å². The van der Waals surface area contributed by atoms with Crippen LogP contribution in [0.3, 0.4) is 0 Å². The Kier molecular flexibility index (Phi) is 6.09. The summed E-state index contributed by atoms with van der Waals surface area (Å²) in [4.78, 5) is 14.2. The molecule has 3 nitrogen and oxygen atoms in total. The van der Waals surface area contributed by atoms with E-state index in [1.807, 2.05) is 23.1 Å². The molecule has 21 heavy (non-hydrogen) atoms. The molecule has 0 saturated carbocycles. The molecule has 1 amide bonds. The van der Waals surface area contributed by atoms with Crippen LogP contribution in [0.1, 0.15) is 57.4 Å². The molecule has 0 N–H and O–H groups in total. The van der Waals surface area contributed by atoms with Crippen LogP contribution in [0, 0.1) is 0 Å². The molecule has 1 heterocycles. The fraction of sp³-hybridized carbons (Fsp3) is 0.611. The summed E-state index contributed by atoms with van der Waals surface area (Å²) in [6, 6.07) is 8.07. The minimum atomic E-state index is 0.121. The molecule has 1 aromatic rings. The van der Waals surface area contributed by atoms with E-state index in [4.69, 9.17) is 4.74 Å². The molecule has 0 aliphatic carbocycles. The first-order valence-corrected chi connectivity index (χ1v) is 8.22. The van der Waals surface area contributed by atoms with Gasteiger partial charge in [-0.05, 0) is 36.8 Å². The highest BCUT2D eigenvalue weighted by molar-refractivity contribution is 5.77. The fourth-order valence-electron chi connectivity index (χ4n) is 2.79. The van der Waals surface area contributed by atoms with Gasteiger partial charge in [0, 0.05) is 13.1 Å². The quantitative estimate of drug-likeness (QED) is 0.820. The van der Waals surface area contributed by atoms with Crippen molar-refractivity contribution in [2.45, 2.75) is 51.9 Å². The molecule has 2 rings (SSSR count). The van der Waals surface area contributed by atoms with Crippen molar-refractivity contribution in [3.63, 3.8) is 0 Å². The monoisotopic (exact) mass is 289 g/mol. The molecule has 1 aromatic carbocycles. The third kappa shape index (κ3) is 4.48. The van der Waals surface area contributed by atoms with Gasteiger partial charge in [0.1, 0.15) is 5.75 Å². The van der Waals surface area contributed by atoms with Crippen molar-refractivity contribution in [1.29, 1.82) is 0 Å². The van der Waals surface area contributed by atoms with Crippen LogP contribution in [0.15, 0.2) is 24.3 Å². The van der Waals surface area contributed by atoms with Gasteiger partial charge in [0.15, 0.2) is 6.61 Å². The predicted molar refractivity (Wildman–Crippen MR) is 85.7 cm³/mol. The second kappa shape index (κ2) is 8.06. The summed E-state index contributed by atoms with van der Waals surface area (Å²) in [7, 11) is 0. The van der Waals surface area contributed by atoms with E-state index in [-0.39, 0.29) is 12.5 Å². The normalized spacial score (nSPS) is 17.1. The number of hydrogen-bond donors (Lipinski definition) is 0. The van der Waals surface area contributed by atoms with Gasteiger partial charge < -0.3 is 9.64 Å². The second-order valence-corrected chi connectivity index (χ2v) is 5.93. The number of benzene rings is 1. The highest BCUT2D eigenvalue weighted by Gasteiger charge is 2.17. The van der Waals surface area contributed by atoms with E-state index in [0.29, 0.717) is 5.92 Å². The van der Waals surface area contributed by atoms with Gasteiger partial charge >= 0.3 is 0 Å². The Morgan fingerprint density at radius 1 is 1.19 bits per heavy atom. The van der Waals surface area contributed by atoms with Crippen molar-refractivity contribution in [2.24, 2.45) is 0 Å². The molecule has 0 radical (unpaired) electrons. The minimum Gasteiger partial charge on any atom is -0.483 e. The predicted octanol–water partition coefficient (Wildman–Crippen LogP) is 3.98. The van der Waals surface area contributed by atoms with Gasteiger partial charge in [-0.3, -0.25) is 4.79 Å². The number of likely N-dealkylation sites (tertiary alicyclic amines) is 1. The third-order valence-electron chi connectivity index (χ3n) is 4.37. The number of para-hydroxylation sites is 1. The average molecular weight is 289 g/mol. The standard InChI is InChI=1S/C18H27NO2/c1-3-15(2)16-10-6-7-11-17(16)21-14-18(20)19-12-8-4-5-9-13-19/h6-7,10-11,15H,3-5,8-9,12-14H2,1-2H3. The zero-order chi connectivity index (χ0) is 15.1. The smallest absolute Gasteiger partial charge is 0.260 e. The molecule has 1 fully saturated rings. The number of amides is 1. The molecule has 0 aromatic heterocycles. The van der Waals surface area contributed by atoms with Gasteiger partial charge in [0.25, 0.3) is 5.91 Å². The molecule has 1 aliphatic heterocycles. The average Bonchev–Trinajstić information content (AvgIpc) is 2.81. The number of ether oxygens (including phenoxy) is 1. The maximum Gasteiger partial charge on any atom is 0.260 e. The molecule has 3 heteroatoms. The van der Waals surface area contributed by atoms with Gasteiger partial charge in [0.2, 0.25) is 0 Å². The number of carbonyl (C=O) groups excluding carboxylic acids is 1. The minimum absolute atomic E-state index is 0.121. The van der Waals surface area contributed by atoms with Crippen molar-refractivity contribution in [2.75, 3.05) is 19.7 Å². The molecule has 1 aliphatic rings. The summed E-state index contributed by atoms with van der Waals surface area (Å²) < 4.78 is 5.82. The lowest BCUT2D eigenvalue weighted by atomic mass is 9.98. The van der Waals surface area contributed by atoms with Gasteiger partial charge in [-0.15, -0.1) is 0 Å². The van der Waals surface area contributed by atoms with Gasteiger partial charge in [-0.1, -0.05) is 44.9 Å². The first kappa shape index (κ1) is 15.9. The summed E-state index contributed by atoms with van der Waals surface area (Å²) in [6.45, 7) is 6.29. The van der Waals surface area contributed by atoms with Crippen LogP contribution in [-0.4, -0.2) is 30.5 Å². The summed E-state index contributed by atoms with van der Waals surface area (Å²) in [5.41, 5.74) is 1.20. The Bertz CT molecular complexity index is 450. The van der Waals surface area contributed by atoms with Crippen LogP contribution in [0.5, 0.6) is 5.75 Å². The van der Waals surface area contributed by atoms with Crippen LogP contribution >= 0.6 is 0 Å². The zero-order valence-electron chi connectivity index (χ0n) is 13.3. The Morgan fingerprint density at radius 3 is 2.52 bits per heavy atom. The lowest BCUT2D eigenvalue weighted by Crippen LogP contribution is -2.35. The molecular weight excluding hydrogens is 262 g/mol. The summed E-state index contributed by atoms with van der Waals surface area (Å²) in [6.07, 6.45) is 5.79. The van der Waals surface area contributed by atoms with Crippen molar-refractivity contribution in [3.8, 4) is 5.75 Å². The van der Waals surface area contributed by atoms with E-state index in [1.54, 1.807) is 0 Å². The van der Waals surface area contributed by atoms with Gasteiger partial charge in [0.05, 0.1) is 0 Å². The highest BCUT2D eigenvalue weighted by Crippen LogP contribution is 2.28. The number of nitrogens with zero attached hydrogens (tertiary/aromatic N) is 1. The number of rotatable bonds is 5. The van der Waals surface area contributed by atoms with Crippen molar-refractivity contribution >= 4 is 5.91 Å². The zero-order valence-corrected chi connectivity index (χ0v) is 13.3. The maximum atomic E-state index is 12.3. The van der Waals surface area contributed by atoms with Crippen LogP contribution in [0.25, 0.3) is 0 Å². The maximum absolute atomic E-state index is 12.3. The Labute approximate surface area is 128 Å². The lowest BCUT2D eigenvalue weighted by Gasteiger charge is -2.21. The summed E-state index contributed by atoms with van der Waals surface area (Å²) in [5.74, 6) is 1.43. The Morgan fingerprint density at radius 2 is 1.86 bits per heavy atom. The molecular formula is C18H27NO2. The SMILES string of the molecule is CCC(C)c1ccccc1OCC(=O)N1CCCCCC1. The van der Waals surface area contributed by atoms with E-state index in [1.165, 1.54) is 18.4 Å². The summed E-state index contributed by atoms with van der Waals surface area (Å²) in [5, 5.41) is 0. The first-order valence-electron chi connectivity index (χ1n) is 8.22. The lowest BCUT2D eigenvalue weighted by molar-refractivity contribution is -0.133. The molecule has 0 spiro atoms. The molecule has 1 saturated heterocycles. The Hall–Kier alpha value is -1.51. The third-order valence-corrected chi connectivity index (χ3v) is 4.37. The van der Waals surface area contributed by atoms with Gasteiger partial charge in [-0.25, -0.2) is 0 Å². The van der Waals surface area contributed by atoms with Crippen molar-refractivity contribution in [3.05, 3.63) is 29.8 Å². The fourth-order valence-corrected chi connectivity index (χ4v) is 2.79. The van der Waals surface area contributed by atoms with E-state index < -0.39 is 0 Å². The number of hydrogen-bond acceptors (Lipinski definition) is 2. The first-order chi connectivity index (χ1) is 10.2. The van der Waals surface area contributed by atoms with E-state index in [9.17, 15) is 4.79 Å². The topological polar surface area (TPSA) is 29.5 Å². The largest absolute Gasteiger partial charge is 0.483 e. The van der Waals surface area contributed by atoms with Crippen LogP contribution in [0.2, 0.25) is 0 Å². The van der Waals surface area contributed by atoms with Crippen molar-refractivity contribution < 1.29 is 9.53 Å². The summed E-state index contributed by atoms with van der Waals surface area (Å²) >= 11 is 0. The van der Waals surface area contributed by atoms with Crippen LogP contribution in [0.4, 0.5) is 0 Å². The molecule has 1 atom stereocenters. The van der Waals surface area contributed by atoms with Crippen LogP contribution in [-0.2, 0) is 4.79 Å². The van der Waals surface area contributed by atoms with E-state index in [2.05, 4.69) is 19.9 Å². The number of carbonyl (C=O) groups is 1. The molecule has 1 unspecified atom stereocenters. The van der Waals surface area contributed by atoms with Crippen molar-refractivity contribution in [1.82, 2.24) is 4.90 Å². The highest BCUT2D eigenvalue weighted by atomic mass is 16.5. The molecule has 0 bridgehead atoms. The molecule has 116 valence electrons. The van der Waals surface area contributed by atoms with E-state index in [0.717, 1.165) is 38.1 Å². The second-order valence-electron chi connectivity index (χ2n) is 5.93. The van der Waals surface area contributed by atoms with Crippen LogP contribution < -0.4 is 4.74 Å². The Balaban J connectivity index is 1.94.